The van der Waals surface area contributed by atoms with Gasteiger partial charge in [0.05, 0.1) is 0 Å². The molecule has 102 valence electrons. The van der Waals surface area contributed by atoms with Crippen molar-refractivity contribution in [2.75, 3.05) is 6.54 Å². The lowest BCUT2D eigenvalue weighted by atomic mass is 9.77. The number of rotatable bonds is 5. The Bertz CT molecular complexity index is 362. The second kappa shape index (κ2) is 6.38. The molecule has 0 saturated carbocycles. The van der Waals surface area contributed by atoms with Crippen LogP contribution >= 0.6 is 0 Å². The van der Waals surface area contributed by atoms with Crippen LogP contribution in [0.2, 0.25) is 0 Å². The molecule has 0 saturated heterocycles. The summed E-state index contributed by atoms with van der Waals surface area (Å²) < 4.78 is 0. The molecule has 2 unspecified atom stereocenters. The Morgan fingerprint density at radius 3 is 2.28 bits per heavy atom. The molecule has 0 aromatic heterocycles. The molecule has 0 aliphatic rings. The van der Waals surface area contributed by atoms with E-state index in [1.165, 1.54) is 17.5 Å². The van der Waals surface area contributed by atoms with E-state index in [-0.39, 0.29) is 0 Å². The average molecular weight is 247 g/mol. The molecule has 0 aliphatic carbocycles. The number of benzene rings is 1. The fraction of sp³-hybridized carbons (Fsp3) is 0.647. The van der Waals surface area contributed by atoms with Gasteiger partial charge in [-0.15, -0.1) is 0 Å². The zero-order valence-corrected chi connectivity index (χ0v) is 12.9. The van der Waals surface area contributed by atoms with E-state index >= 15 is 0 Å². The molecule has 0 fully saturated rings. The Morgan fingerprint density at radius 2 is 1.78 bits per heavy atom. The first kappa shape index (κ1) is 15.2. The quantitative estimate of drug-likeness (QED) is 0.794. The standard InChI is InChI=1S/C17H29N/c1-7-18-16(12-14(3)17(4,5)6)15-11-9-8-10-13(15)2/h8-11,14,16,18H,7,12H2,1-6H3. The predicted octanol–water partition coefficient (Wildman–Crippen LogP) is 4.72. The highest BCUT2D eigenvalue weighted by Gasteiger charge is 2.24. The molecule has 0 radical (unpaired) electrons. The van der Waals surface area contributed by atoms with Crippen LogP contribution in [0.15, 0.2) is 24.3 Å². The van der Waals surface area contributed by atoms with E-state index in [0.29, 0.717) is 17.4 Å². The van der Waals surface area contributed by atoms with Crippen LogP contribution in [0.25, 0.3) is 0 Å². The van der Waals surface area contributed by atoms with Crippen LogP contribution in [0.1, 0.15) is 58.2 Å². The van der Waals surface area contributed by atoms with E-state index in [4.69, 9.17) is 0 Å². The summed E-state index contributed by atoms with van der Waals surface area (Å²) in [5.41, 5.74) is 3.22. The maximum Gasteiger partial charge on any atom is 0.0325 e. The summed E-state index contributed by atoms with van der Waals surface area (Å²) >= 11 is 0. The van der Waals surface area contributed by atoms with Gasteiger partial charge >= 0.3 is 0 Å². The third-order valence-corrected chi connectivity index (χ3v) is 4.08. The lowest BCUT2D eigenvalue weighted by Crippen LogP contribution is -2.28. The molecule has 1 N–H and O–H groups in total. The highest BCUT2D eigenvalue weighted by Crippen LogP contribution is 2.34. The third kappa shape index (κ3) is 4.13. The summed E-state index contributed by atoms with van der Waals surface area (Å²) in [4.78, 5) is 0. The van der Waals surface area contributed by atoms with E-state index in [1.54, 1.807) is 0 Å². The second-order valence-electron chi connectivity index (χ2n) is 6.47. The first-order chi connectivity index (χ1) is 8.36. The van der Waals surface area contributed by atoms with Gasteiger partial charge in [-0.1, -0.05) is 58.9 Å². The van der Waals surface area contributed by atoms with Gasteiger partial charge in [-0.3, -0.25) is 0 Å². The Hall–Kier alpha value is -0.820. The van der Waals surface area contributed by atoms with Crippen LogP contribution in [0.3, 0.4) is 0 Å². The average Bonchev–Trinajstić information content (AvgIpc) is 2.28. The van der Waals surface area contributed by atoms with Crippen LogP contribution in [0, 0.1) is 18.3 Å². The Kier molecular flexibility index (Phi) is 5.40. The monoisotopic (exact) mass is 247 g/mol. The third-order valence-electron chi connectivity index (χ3n) is 4.08. The van der Waals surface area contributed by atoms with Crippen molar-refractivity contribution >= 4 is 0 Å². The van der Waals surface area contributed by atoms with Crippen molar-refractivity contribution in [1.82, 2.24) is 5.32 Å². The summed E-state index contributed by atoms with van der Waals surface area (Å²) in [6, 6.07) is 9.22. The normalized spacial score (nSPS) is 15.4. The number of hydrogen-bond donors (Lipinski definition) is 1. The summed E-state index contributed by atoms with van der Waals surface area (Å²) in [6.07, 6.45) is 1.20. The van der Waals surface area contributed by atoms with Crippen molar-refractivity contribution in [2.45, 2.75) is 54.0 Å². The van der Waals surface area contributed by atoms with Crippen molar-refractivity contribution in [3.8, 4) is 0 Å². The molecule has 0 aliphatic heterocycles. The molecule has 1 aromatic rings. The largest absolute Gasteiger partial charge is 0.310 e. The van der Waals surface area contributed by atoms with Crippen LogP contribution in [-0.4, -0.2) is 6.54 Å². The predicted molar refractivity (Wildman–Crippen MR) is 80.8 cm³/mol. The van der Waals surface area contributed by atoms with Crippen molar-refractivity contribution in [3.63, 3.8) is 0 Å². The zero-order valence-electron chi connectivity index (χ0n) is 12.9. The Balaban J connectivity index is 2.87. The van der Waals surface area contributed by atoms with E-state index in [0.717, 1.165) is 6.54 Å². The molecule has 0 bridgehead atoms. The highest BCUT2D eigenvalue weighted by atomic mass is 14.9. The maximum absolute atomic E-state index is 3.64. The molecule has 1 aromatic carbocycles. The topological polar surface area (TPSA) is 12.0 Å². The molecule has 1 nitrogen and oxygen atoms in total. The van der Waals surface area contributed by atoms with Gasteiger partial charge < -0.3 is 5.32 Å². The number of aryl methyl sites for hydroxylation is 1. The zero-order chi connectivity index (χ0) is 13.8. The van der Waals surface area contributed by atoms with Gasteiger partial charge in [0.2, 0.25) is 0 Å². The number of hydrogen-bond acceptors (Lipinski definition) is 1. The fourth-order valence-electron chi connectivity index (χ4n) is 2.25. The smallest absolute Gasteiger partial charge is 0.0325 e. The SMILES string of the molecule is CCNC(CC(C)C(C)(C)C)c1ccccc1C. The Morgan fingerprint density at radius 1 is 1.17 bits per heavy atom. The minimum atomic E-state index is 0.371. The summed E-state index contributed by atoms with van der Waals surface area (Å²) in [5.74, 6) is 0.696. The van der Waals surface area contributed by atoms with Gasteiger partial charge in [-0.2, -0.15) is 0 Å². The molecular formula is C17H29N. The molecule has 2 atom stereocenters. The van der Waals surface area contributed by atoms with Crippen molar-refractivity contribution in [1.29, 1.82) is 0 Å². The van der Waals surface area contributed by atoms with Gasteiger partial charge in [-0.25, -0.2) is 0 Å². The van der Waals surface area contributed by atoms with Crippen molar-refractivity contribution < 1.29 is 0 Å². The summed E-state index contributed by atoms with van der Waals surface area (Å²) in [6.45, 7) is 14.8. The summed E-state index contributed by atoms with van der Waals surface area (Å²) in [5, 5.41) is 3.64. The van der Waals surface area contributed by atoms with E-state index in [1.807, 2.05) is 0 Å². The Labute approximate surface area is 113 Å². The van der Waals surface area contributed by atoms with Gasteiger partial charge in [0.1, 0.15) is 0 Å². The molecule has 1 heteroatoms. The first-order valence-electron chi connectivity index (χ1n) is 7.15. The van der Waals surface area contributed by atoms with E-state index in [2.05, 4.69) is 71.1 Å². The molecule has 18 heavy (non-hydrogen) atoms. The highest BCUT2D eigenvalue weighted by molar-refractivity contribution is 5.28. The van der Waals surface area contributed by atoms with Crippen LogP contribution in [-0.2, 0) is 0 Å². The van der Waals surface area contributed by atoms with Crippen LogP contribution in [0.5, 0.6) is 0 Å². The minimum Gasteiger partial charge on any atom is -0.310 e. The lowest BCUT2D eigenvalue weighted by Gasteiger charge is -2.32. The molecule has 0 heterocycles. The fourth-order valence-corrected chi connectivity index (χ4v) is 2.25. The number of nitrogens with one attached hydrogen (secondary N) is 1. The maximum atomic E-state index is 3.64. The summed E-state index contributed by atoms with van der Waals surface area (Å²) in [7, 11) is 0. The van der Waals surface area contributed by atoms with E-state index in [9.17, 15) is 0 Å². The first-order valence-corrected chi connectivity index (χ1v) is 7.15. The molecule has 1 rings (SSSR count). The van der Waals surface area contributed by atoms with Crippen LogP contribution < -0.4 is 5.32 Å². The minimum absolute atomic E-state index is 0.371. The van der Waals surface area contributed by atoms with Gasteiger partial charge in [0.25, 0.3) is 0 Å². The lowest BCUT2D eigenvalue weighted by molar-refractivity contribution is 0.223. The van der Waals surface area contributed by atoms with Crippen LogP contribution in [0.4, 0.5) is 0 Å². The van der Waals surface area contributed by atoms with Gasteiger partial charge in [0.15, 0.2) is 0 Å². The van der Waals surface area contributed by atoms with Gasteiger partial charge in [0, 0.05) is 6.04 Å². The van der Waals surface area contributed by atoms with Crippen molar-refractivity contribution in [3.05, 3.63) is 35.4 Å². The second-order valence-corrected chi connectivity index (χ2v) is 6.47. The molecular weight excluding hydrogens is 218 g/mol. The van der Waals surface area contributed by atoms with E-state index < -0.39 is 0 Å². The van der Waals surface area contributed by atoms with Crippen molar-refractivity contribution in [2.24, 2.45) is 11.3 Å². The molecule has 0 amide bonds. The molecule has 0 spiro atoms. The van der Waals surface area contributed by atoms with Gasteiger partial charge in [-0.05, 0) is 42.3 Å².